The van der Waals surface area contributed by atoms with Crippen molar-refractivity contribution in [2.75, 3.05) is 39.1 Å². The van der Waals surface area contributed by atoms with Gasteiger partial charge in [0.25, 0.3) is 0 Å². The van der Waals surface area contributed by atoms with Gasteiger partial charge in [0.1, 0.15) is 5.82 Å². The lowest BCUT2D eigenvalue weighted by Crippen LogP contribution is -2.38. The third-order valence-corrected chi connectivity index (χ3v) is 5.47. The Balaban J connectivity index is 0.00000341. The van der Waals surface area contributed by atoms with Gasteiger partial charge in [-0.25, -0.2) is 4.39 Å². The molecule has 7 heteroatoms. The molecule has 0 aromatic heterocycles. The summed E-state index contributed by atoms with van der Waals surface area (Å²) in [6.07, 6.45) is 2.54. The Kier molecular flexibility index (Phi) is 10.0. The molecule has 1 saturated heterocycles. The number of hydrogen-bond donors (Lipinski definition) is 2. The highest BCUT2D eigenvalue weighted by Gasteiger charge is 2.14. The van der Waals surface area contributed by atoms with Crippen LogP contribution >= 0.6 is 24.0 Å². The minimum absolute atomic E-state index is 0. The maximum absolute atomic E-state index is 14.0. The fraction of sp³-hybridized carbons (Fsp3) is 0.458. The molecule has 0 aliphatic carbocycles. The molecule has 1 heterocycles. The number of nitrogens with one attached hydrogen (secondary N) is 2. The summed E-state index contributed by atoms with van der Waals surface area (Å²) in [5.41, 5.74) is 4.26. The van der Waals surface area contributed by atoms with Crippen LogP contribution in [0.25, 0.3) is 0 Å². The highest BCUT2D eigenvalue weighted by Crippen LogP contribution is 2.24. The molecule has 1 unspecified atom stereocenters. The van der Waals surface area contributed by atoms with Crippen LogP contribution in [0.15, 0.2) is 47.5 Å². The fourth-order valence-corrected chi connectivity index (χ4v) is 3.83. The van der Waals surface area contributed by atoms with Crippen LogP contribution in [0.5, 0.6) is 0 Å². The Labute approximate surface area is 203 Å². The summed E-state index contributed by atoms with van der Waals surface area (Å²) in [6.45, 7) is 5.59. The van der Waals surface area contributed by atoms with Crippen molar-refractivity contribution in [3.63, 3.8) is 0 Å². The molecule has 0 saturated carbocycles. The van der Waals surface area contributed by atoms with Gasteiger partial charge in [-0.15, -0.1) is 24.0 Å². The maximum atomic E-state index is 14.0. The molecule has 5 nitrogen and oxygen atoms in total. The van der Waals surface area contributed by atoms with Crippen LogP contribution in [0.2, 0.25) is 0 Å². The Morgan fingerprint density at radius 3 is 2.58 bits per heavy atom. The van der Waals surface area contributed by atoms with E-state index in [1.165, 1.54) is 24.1 Å². The third kappa shape index (κ3) is 7.35. The second-order valence-electron chi connectivity index (χ2n) is 8.24. The standard InChI is InChI=1S/C24H34FN5.HI/c1-18(20-8-7-9-22(15-20)30-12-5-6-13-30)28-24(26-2)27-16-19-10-11-23(25)21(14-19)17-29(3)4;/h7-11,14-15,18H,5-6,12-13,16-17H2,1-4H3,(H2,26,27,28);1H. The maximum Gasteiger partial charge on any atom is 0.191 e. The van der Waals surface area contributed by atoms with Crippen molar-refractivity contribution in [3.8, 4) is 0 Å². The van der Waals surface area contributed by atoms with Crippen LogP contribution in [0.3, 0.4) is 0 Å². The predicted octanol–water partition coefficient (Wildman–Crippen LogP) is 4.53. The van der Waals surface area contributed by atoms with E-state index >= 15 is 0 Å². The first-order chi connectivity index (χ1) is 14.5. The topological polar surface area (TPSA) is 42.9 Å². The van der Waals surface area contributed by atoms with E-state index in [-0.39, 0.29) is 35.8 Å². The molecule has 1 atom stereocenters. The molecule has 0 radical (unpaired) electrons. The number of guanidine groups is 1. The van der Waals surface area contributed by atoms with Crippen molar-refractivity contribution in [2.45, 2.75) is 38.9 Å². The van der Waals surface area contributed by atoms with Gasteiger partial charge in [-0.1, -0.05) is 18.2 Å². The number of benzene rings is 2. The molecular formula is C24H35FIN5. The number of rotatable bonds is 7. The number of anilines is 1. The quantitative estimate of drug-likeness (QED) is 0.308. The molecule has 0 amide bonds. The summed E-state index contributed by atoms with van der Waals surface area (Å²) in [7, 11) is 5.65. The van der Waals surface area contributed by atoms with Gasteiger partial charge in [0.2, 0.25) is 0 Å². The van der Waals surface area contributed by atoms with Crippen LogP contribution < -0.4 is 15.5 Å². The van der Waals surface area contributed by atoms with E-state index in [0.29, 0.717) is 18.7 Å². The number of halogens is 2. The van der Waals surface area contributed by atoms with Gasteiger partial charge >= 0.3 is 0 Å². The summed E-state index contributed by atoms with van der Waals surface area (Å²) in [5.74, 6) is 0.564. The largest absolute Gasteiger partial charge is 0.372 e. The van der Waals surface area contributed by atoms with E-state index in [1.807, 2.05) is 31.1 Å². The Morgan fingerprint density at radius 1 is 1.16 bits per heavy atom. The van der Waals surface area contributed by atoms with E-state index < -0.39 is 0 Å². The molecule has 0 bridgehead atoms. The average molecular weight is 539 g/mol. The van der Waals surface area contributed by atoms with E-state index in [9.17, 15) is 4.39 Å². The minimum atomic E-state index is -0.165. The number of aliphatic imine (C=N–C) groups is 1. The third-order valence-electron chi connectivity index (χ3n) is 5.47. The lowest BCUT2D eigenvalue weighted by atomic mass is 10.1. The normalized spacial score (nSPS) is 15.0. The van der Waals surface area contributed by atoms with Crippen LogP contribution in [0.4, 0.5) is 10.1 Å². The summed E-state index contributed by atoms with van der Waals surface area (Å²) in [4.78, 5) is 8.77. The molecule has 3 rings (SSSR count). The molecule has 31 heavy (non-hydrogen) atoms. The van der Waals surface area contributed by atoms with Crippen molar-refractivity contribution in [2.24, 2.45) is 4.99 Å². The van der Waals surface area contributed by atoms with Crippen molar-refractivity contribution in [1.82, 2.24) is 15.5 Å². The van der Waals surface area contributed by atoms with Gasteiger partial charge in [0, 0.05) is 44.5 Å². The van der Waals surface area contributed by atoms with Crippen molar-refractivity contribution in [3.05, 3.63) is 65.0 Å². The molecule has 1 fully saturated rings. The lowest BCUT2D eigenvalue weighted by Gasteiger charge is -2.22. The first kappa shape index (κ1) is 25.4. The van der Waals surface area contributed by atoms with Gasteiger partial charge < -0.3 is 20.4 Å². The zero-order valence-corrected chi connectivity index (χ0v) is 21.3. The van der Waals surface area contributed by atoms with Gasteiger partial charge in [0.05, 0.1) is 6.04 Å². The number of nitrogens with zero attached hydrogens (tertiary/aromatic N) is 3. The number of hydrogen-bond acceptors (Lipinski definition) is 3. The van der Waals surface area contributed by atoms with Crippen LogP contribution in [-0.2, 0) is 13.1 Å². The zero-order chi connectivity index (χ0) is 21.5. The van der Waals surface area contributed by atoms with Gasteiger partial charge in [-0.05, 0) is 69.3 Å². The highest BCUT2D eigenvalue weighted by molar-refractivity contribution is 14.0. The van der Waals surface area contributed by atoms with E-state index in [2.05, 4.69) is 51.7 Å². The smallest absolute Gasteiger partial charge is 0.191 e. The fourth-order valence-electron chi connectivity index (χ4n) is 3.83. The first-order valence-corrected chi connectivity index (χ1v) is 10.7. The Bertz CT molecular complexity index is 865. The second-order valence-corrected chi connectivity index (χ2v) is 8.24. The summed E-state index contributed by atoms with van der Waals surface area (Å²) < 4.78 is 14.0. The summed E-state index contributed by atoms with van der Waals surface area (Å²) in [5, 5.41) is 6.82. The molecule has 1 aliphatic heterocycles. The average Bonchev–Trinajstić information content (AvgIpc) is 3.28. The zero-order valence-electron chi connectivity index (χ0n) is 19.0. The Hall–Kier alpha value is -1.87. The second kappa shape index (κ2) is 12.2. The molecule has 0 spiro atoms. The highest BCUT2D eigenvalue weighted by atomic mass is 127. The summed E-state index contributed by atoms with van der Waals surface area (Å²) >= 11 is 0. The SMILES string of the molecule is CN=C(NCc1ccc(F)c(CN(C)C)c1)NC(C)c1cccc(N2CCCC2)c1.I. The molecule has 2 aromatic carbocycles. The minimum Gasteiger partial charge on any atom is -0.372 e. The van der Waals surface area contributed by atoms with Crippen molar-refractivity contribution < 1.29 is 4.39 Å². The van der Waals surface area contributed by atoms with E-state index in [1.54, 1.807) is 13.1 Å². The van der Waals surface area contributed by atoms with Gasteiger partial charge in [-0.3, -0.25) is 4.99 Å². The van der Waals surface area contributed by atoms with Crippen LogP contribution in [0, 0.1) is 5.82 Å². The van der Waals surface area contributed by atoms with Crippen molar-refractivity contribution >= 4 is 35.6 Å². The first-order valence-electron chi connectivity index (χ1n) is 10.7. The molecule has 1 aliphatic rings. The predicted molar refractivity (Wildman–Crippen MR) is 139 cm³/mol. The van der Waals surface area contributed by atoms with E-state index in [0.717, 1.165) is 24.6 Å². The monoisotopic (exact) mass is 539 g/mol. The van der Waals surface area contributed by atoms with Crippen LogP contribution in [0.1, 0.15) is 42.5 Å². The van der Waals surface area contributed by atoms with Gasteiger partial charge in [0.15, 0.2) is 5.96 Å². The lowest BCUT2D eigenvalue weighted by molar-refractivity contribution is 0.392. The summed E-state index contributed by atoms with van der Waals surface area (Å²) in [6, 6.07) is 14.1. The van der Waals surface area contributed by atoms with E-state index in [4.69, 9.17) is 0 Å². The molecule has 2 N–H and O–H groups in total. The molecule has 2 aromatic rings. The molecule has 170 valence electrons. The molecular weight excluding hydrogens is 504 g/mol. The van der Waals surface area contributed by atoms with Gasteiger partial charge in [-0.2, -0.15) is 0 Å². The van der Waals surface area contributed by atoms with Crippen LogP contribution in [-0.4, -0.2) is 45.1 Å². The Morgan fingerprint density at radius 2 is 1.90 bits per heavy atom. The van der Waals surface area contributed by atoms with Crippen molar-refractivity contribution in [1.29, 1.82) is 0 Å².